The van der Waals surface area contributed by atoms with Gasteiger partial charge in [0, 0.05) is 24.0 Å². The van der Waals surface area contributed by atoms with Crippen molar-refractivity contribution in [3.63, 3.8) is 0 Å². The van der Waals surface area contributed by atoms with Crippen LogP contribution in [0.25, 0.3) is 0 Å². The summed E-state index contributed by atoms with van der Waals surface area (Å²) in [6.07, 6.45) is 1.45. The molecule has 0 saturated carbocycles. The Bertz CT molecular complexity index is 1170. The van der Waals surface area contributed by atoms with E-state index < -0.39 is 6.04 Å². The molecule has 0 saturated heterocycles. The topological polar surface area (TPSA) is 78.5 Å². The molecule has 0 spiro atoms. The highest BCUT2D eigenvalue weighted by molar-refractivity contribution is 6.06. The summed E-state index contributed by atoms with van der Waals surface area (Å²) in [5, 5.41) is 5.69. The van der Waals surface area contributed by atoms with E-state index in [1.54, 1.807) is 17.0 Å². The standard InChI is InChI=1S/C27H27N3O3/c1-18-7-12-23(13-8-18)29-27(33)25-16-11-21-5-3-4-6-24(21)30(25)26(32)17-20-9-14-22(15-10-20)28-19(2)31/h3-10,12-15,25H,11,16-17H2,1-2H3,(H,28,31)(H,29,33). The van der Waals surface area contributed by atoms with Crippen LogP contribution in [0.5, 0.6) is 0 Å². The summed E-state index contributed by atoms with van der Waals surface area (Å²) in [5.41, 5.74) is 5.16. The van der Waals surface area contributed by atoms with Crippen molar-refractivity contribution in [1.29, 1.82) is 0 Å². The number of carbonyl (C=O) groups is 3. The van der Waals surface area contributed by atoms with Gasteiger partial charge < -0.3 is 10.6 Å². The molecule has 0 bridgehead atoms. The van der Waals surface area contributed by atoms with E-state index >= 15 is 0 Å². The lowest BCUT2D eigenvalue weighted by molar-refractivity contribution is -0.123. The molecule has 3 amide bonds. The van der Waals surface area contributed by atoms with Crippen molar-refractivity contribution in [2.75, 3.05) is 15.5 Å². The van der Waals surface area contributed by atoms with Gasteiger partial charge in [-0.25, -0.2) is 0 Å². The van der Waals surface area contributed by atoms with Crippen LogP contribution < -0.4 is 15.5 Å². The zero-order chi connectivity index (χ0) is 23.4. The molecular weight excluding hydrogens is 414 g/mol. The summed E-state index contributed by atoms with van der Waals surface area (Å²) in [4.78, 5) is 39.6. The van der Waals surface area contributed by atoms with E-state index in [4.69, 9.17) is 0 Å². The van der Waals surface area contributed by atoms with Crippen LogP contribution in [0.3, 0.4) is 0 Å². The quantitative estimate of drug-likeness (QED) is 0.613. The van der Waals surface area contributed by atoms with Crippen LogP contribution in [-0.2, 0) is 27.2 Å². The molecule has 1 aliphatic heterocycles. The van der Waals surface area contributed by atoms with E-state index in [2.05, 4.69) is 10.6 Å². The van der Waals surface area contributed by atoms with Gasteiger partial charge in [0.2, 0.25) is 17.7 Å². The van der Waals surface area contributed by atoms with Gasteiger partial charge in [0.1, 0.15) is 6.04 Å². The summed E-state index contributed by atoms with van der Waals surface area (Å²) < 4.78 is 0. The fourth-order valence-corrected chi connectivity index (χ4v) is 4.13. The van der Waals surface area contributed by atoms with Gasteiger partial charge in [-0.1, -0.05) is 48.0 Å². The lowest BCUT2D eigenvalue weighted by atomic mass is 9.94. The largest absolute Gasteiger partial charge is 0.326 e. The number of fused-ring (bicyclic) bond motifs is 1. The molecule has 0 radical (unpaired) electrons. The van der Waals surface area contributed by atoms with Crippen LogP contribution in [0.4, 0.5) is 17.1 Å². The first-order chi connectivity index (χ1) is 15.9. The van der Waals surface area contributed by atoms with Crippen molar-refractivity contribution in [1.82, 2.24) is 0 Å². The Hall–Kier alpha value is -3.93. The summed E-state index contributed by atoms with van der Waals surface area (Å²) in [6, 6.07) is 22.0. The van der Waals surface area contributed by atoms with E-state index in [1.807, 2.05) is 67.6 Å². The SMILES string of the molecule is CC(=O)Nc1ccc(CC(=O)N2c3ccccc3CCC2C(=O)Nc2ccc(C)cc2)cc1. The minimum atomic E-state index is -0.590. The second-order valence-electron chi connectivity index (χ2n) is 8.36. The van der Waals surface area contributed by atoms with Gasteiger partial charge in [0.05, 0.1) is 6.42 Å². The third-order valence-corrected chi connectivity index (χ3v) is 5.77. The first-order valence-electron chi connectivity index (χ1n) is 11.0. The molecule has 0 aliphatic carbocycles. The summed E-state index contributed by atoms with van der Waals surface area (Å²) in [5.74, 6) is -0.479. The third-order valence-electron chi connectivity index (χ3n) is 5.77. The number of anilines is 3. The maximum Gasteiger partial charge on any atom is 0.247 e. The molecule has 4 rings (SSSR count). The van der Waals surface area contributed by atoms with Gasteiger partial charge >= 0.3 is 0 Å². The van der Waals surface area contributed by atoms with E-state index in [0.717, 1.165) is 28.8 Å². The molecule has 1 aliphatic rings. The number of rotatable bonds is 5. The Balaban J connectivity index is 1.57. The second kappa shape index (κ2) is 9.69. The minimum Gasteiger partial charge on any atom is -0.326 e. The number of hydrogen-bond donors (Lipinski definition) is 2. The van der Waals surface area contributed by atoms with Crippen molar-refractivity contribution < 1.29 is 14.4 Å². The molecule has 1 atom stereocenters. The van der Waals surface area contributed by atoms with Crippen LogP contribution in [0, 0.1) is 6.92 Å². The number of nitrogens with zero attached hydrogens (tertiary/aromatic N) is 1. The average Bonchev–Trinajstić information content (AvgIpc) is 2.80. The smallest absolute Gasteiger partial charge is 0.247 e. The average molecular weight is 442 g/mol. The Morgan fingerprint density at radius 2 is 1.52 bits per heavy atom. The maximum atomic E-state index is 13.5. The Labute approximate surface area is 193 Å². The molecule has 6 heteroatoms. The fourth-order valence-electron chi connectivity index (χ4n) is 4.13. The van der Waals surface area contributed by atoms with Crippen molar-refractivity contribution in [2.24, 2.45) is 0 Å². The molecule has 1 heterocycles. The Kier molecular flexibility index (Phi) is 6.54. The highest BCUT2D eigenvalue weighted by Crippen LogP contribution is 2.32. The number of carbonyl (C=O) groups excluding carboxylic acids is 3. The molecular formula is C27H27N3O3. The molecule has 33 heavy (non-hydrogen) atoms. The summed E-state index contributed by atoms with van der Waals surface area (Å²) in [7, 11) is 0. The first-order valence-corrected chi connectivity index (χ1v) is 11.0. The monoisotopic (exact) mass is 441 g/mol. The molecule has 168 valence electrons. The van der Waals surface area contributed by atoms with Gasteiger partial charge in [0.15, 0.2) is 0 Å². The predicted molar refractivity (Wildman–Crippen MR) is 130 cm³/mol. The van der Waals surface area contributed by atoms with Gasteiger partial charge in [0.25, 0.3) is 0 Å². The fraction of sp³-hybridized carbons (Fsp3) is 0.222. The minimum absolute atomic E-state index is 0.140. The lowest BCUT2D eigenvalue weighted by Gasteiger charge is -2.36. The van der Waals surface area contributed by atoms with Crippen molar-refractivity contribution in [3.05, 3.63) is 89.5 Å². The van der Waals surface area contributed by atoms with Gasteiger partial charge in [-0.05, 0) is 61.2 Å². The van der Waals surface area contributed by atoms with E-state index in [-0.39, 0.29) is 24.1 Å². The Morgan fingerprint density at radius 1 is 0.879 bits per heavy atom. The van der Waals surface area contributed by atoms with Crippen molar-refractivity contribution in [3.8, 4) is 0 Å². The molecule has 3 aromatic carbocycles. The van der Waals surface area contributed by atoms with Gasteiger partial charge in [-0.15, -0.1) is 0 Å². The van der Waals surface area contributed by atoms with Crippen molar-refractivity contribution in [2.45, 2.75) is 39.2 Å². The van der Waals surface area contributed by atoms with Crippen LogP contribution in [0.2, 0.25) is 0 Å². The van der Waals surface area contributed by atoms with Crippen molar-refractivity contribution >= 4 is 34.8 Å². The highest BCUT2D eigenvalue weighted by atomic mass is 16.2. The van der Waals surface area contributed by atoms with Crippen LogP contribution >= 0.6 is 0 Å². The number of aryl methyl sites for hydroxylation is 2. The third kappa shape index (κ3) is 5.29. The maximum absolute atomic E-state index is 13.5. The second-order valence-corrected chi connectivity index (χ2v) is 8.36. The van der Waals surface area contributed by atoms with Crippen LogP contribution in [0.15, 0.2) is 72.8 Å². The zero-order valence-corrected chi connectivity index (χ0v) is 18.8. The van der Waals surface area contributed by atoms with E-state index in [0.29, 0.717) is 17.8 Å². The molecule has 0 aromatic heterocycles. The number of hydrogen-bond acceptors (Lipinski definition) is 3. The van der Waals surface area contributed by atoms with E-state index in [1.165, 1.54) is 6.92 Å². The zero-order valence-electron chi connectivity index (χ0n) is 18.8. The lowest BCUT2D eigenvalue weighted by Crippen LogP contribution is -2.50. The predicted octanol–water partition coefficient (Wildman–Crippen LogP) is 4.48. The molecule has 6 nitrogen and oxygen atoms in total. The normalized spacial score (nSPS) is 14.8. The first kappa shape index (κ1) is 22.3. The van der Waals surface area contributed by atoms with Gasteiger partial charge in [-0.2, -0.15) is 0 Å². The number of benzene rings is 3. The molecule has 2 N–H and O–H groups in total. The molecule has 0 fully saturated rings. The van der Waals surface area contributed by atoms with Crippen LogP contribution in [-0.4, -0.2) is 23.8 Å². The Morgan fingerprint density at radius 3 is 2.21 bits per heavy atom. The highest BCUT2D eigenvalue weighted by Gasteiger charge is 2.35. The molecule has 1 unspecified atom stereocenters. The number of para-hydroxylation sites is 1. The molecule has 3 aromatic rings. The van der Waals surface area contributed by atoms with E-state index in [9.17, 15) is 14.4 Å². The number of nitrogens with one attached hydrogen (secondary N) is 2. The van der Waals surface area contributed by atoms with Crippen LogP contribution in [0.1, 0.15) is 30.0 Å². The summed E-state index contributed by atoms with van der Waals surface area (Å²) in [6.45, 7) is 3.44. The number of amides is 3. The van der Waals surface area contributed by atoms with Gasteiger partial charge in [-0.3, -0.25) is 19.3 Å². The summed E-state index contributed by atoms with van der Waals surface area (Å²) >= 11 is 0.